The van der Waals surface area contributed by atoms with Gasteiger partial charge < -0.3 is 9.64 Å². The quantitative estimate of drug-likeness (QED) is 0.279. The number of rotatable bonds is 6. The van der Waals surface area contributed by atoms with Crippen LogP contribution in [0.15, 0.2) is 79.1 Å². The summed E-state index contributed by atoms with van der Waals surface area (Å²) in [6.45, 7) is 1.42. The normalized spacial score (nSPS) is 14.4. The minimum atomic E-state index is -0.439. The Morgan fingerprint density at radius 1 is 0.939 bits per heavy atom. The van der Waals surface area contributed by atoms with Gasteiger partial charge in [0.25, 0.3) is 0 Å². The molecule has 0 radical (unpaired) electrons. The van der Waals surface area contributed by atoms with Crippen LogP contribution in [0.25, 0.3) is 10.8 Å². The summed E-state index contributed by atoms with van der Waals surface area (Å²) in [5, 5.41) is 13.9. The molecule has 0 saturated carbocycles. The largest absolute Gasteiger partial charge is 0.433 e. The molecule has 0 aliphatic carbocycles. The van der Waals surface area contributed by atoms with Crippen LogP contribution in [0.2, 0.25) is 0 Å². The van der Waals surface area contributed by atoms with Crippen LogP contribution in [0.4, 0.5) is 11.5 Å². The molecule has 2 heterocycles. The van der Waals surface area contributed by atoms with Gasteiger partial charge in [-0.3, -0.25) is 10.1 Å². The van der Waals surface area contributed by atoms with Crippen LogP contribution in [-0.2, 0) is 6.42 Å². The van der Waals surface area contributed by atoms with Crippen molar-refractivity contribution in [2.75, 3.05) is 18.0 Å². The predicted octanol–water partition coefficient (Wildman–Crippen LogP) is 5.79. The molecule has 166 valence electrons. The molecular formula is C26H24N4O3. The number of hydrogen-bond donors (Lipinski definition) is 0. The lowest BCUT2D eigenvalue weighted by Crippen LogP contribution is -2.35. The van der Waals surface area contributed by atoms with Crippen LogP contribution in [0.3, 0.4) is 0 Å². The van der Waals surface area contributed by atoms with Crippen molar-refractivity contribution < 1.29 is 9.66 Å². The van der Waals surface area contributed by atoms with Crippen molar-refractivity contribution in [3.63, 3.8) is 0 Å². The van der Waals surface area contributed by atoms with E-state index in [1.165, 1.54) is 11.9 Å². The lowest BCUT2D eigenvalue weighted by atomic mass is 9.90. The lowest BCUT2D eigenvalue weighted by Gasteiger charge is -2.32. The van der Waals surface area contributed by atoms with Crippen molar-refractivity contribution in [3.05, 3.63) is 94.8 Å². The van der Waals surface area contributed by atoms with E-state index in [9.17, 15) is 10.1 Å². The molecule has 0 spiro atoms. The summed E-state index contributed by atoms with van der Waals surface area (Å²) in [7, 11) is 0. The van der Waals surface area contributed by atoms with Gasteiger partial charge in [-0.2, -0.15) is 4.98 Å². The fraction of sp³-hybridized carbons (Fsp3) is 0.231. The van der Waals surface area contributed by atoms with Crippen molar-refractivity contribution in [3.8, 4) is 11.6 Å². The van der Waals surface area contributed by atoms with Gasteiger partial charge >= 0.3 is 11.6 Å². The molecule has 0 atom stereocenters. The highest BCUT2D eigenvalue weighted by Gasteiger charge is 2.31. The van der Waals surface area contributed by atoms with Gasteiger partial charge in [-0.15, -0.1) is 0 Å². The summed E-state index contributed by atoms with van der Waals surface area (Å²) in [4.78, 5) is 22.0. The van der Waals surface area contributed by atoms with Crippen LogP contribution in [0, 0.1) is 16.0 Å². The highest BCUT2D eigenvalue weighted by Crippen LogP contribution is 2.39. The second-order valence-electron chi connectivity index (χ2n) is 8.31. The third-order valence-electron chi connectivity index (χ3n) is 6.19. The first-order chi connectivity index (χ1) is 16.2. The summed E-state index contributed by atoms with van der Waals surface area (Å²) < 4.78 is 6.00. The Labute approximate surface area is 191 Å². The Morgan fingerprint density at radius 2 is 1.67 bits per heavy atom. The van der Waals surface area contributed by atoms with Crippen molar-refractivity contribution >= 4 is 22.3 Å². The molecule has 1 aliphatic heterocycles. The van der Waals surface area contributed by atoms with Gasteiger partial charge in [0.15, 0.2) is 0 Å². The van der Waals surface area contributed by atoms with Crippen LogP contribution < -0.4 is 9.64 Å². The van der Waals surface area contributed by atoms with Crippen LogP contribution >= 0.6 is 0 Å². The summed E-state index contributed by atoms with van der Waals surface area (Å²) >= 11 is 0. The average molecular weight is 441 g/mol. The van der Waals surface area contributed by atoms with E-state index in [0.717, 1.165) is 30.0 Å². The zero-order chi connectivity index (χ0) is 22.6. The third kappa shape index (κ3) is 4.48. The molecule has 1 fully saturated rings. The lowest BCUT2D eigenvalue weighted by molar-refractivity contribution is -0.385. The zero-order valence-electron chi connectivity index (χ0n) is 18.1. The summed E-state index contributed by atoms with van der Waals surface area (Å²) in [6.07, 6.45) is 4.28. The minimum Gasteiger partial charge on any atom is -0.433 e. The van der Waals surface area contributed by atoms with E-state index in [2.05, 4.69) is 34.2 Å². The predicted molar refractivity (Wildman–Crippen MR) is 128 cm³/mol. The molecule has 0 bridgehead atoms. The number of hydrogen-bond acceptors (Lipinski definition) is 6. The fourth-order valence-electron chi connectivity index (χ4n) is 4.50. The number of benzene rings is 3. The molecule has 0 amide bonds. The van der Waals surface area contributed by atoms with Crippen molar-refractivity contribution in [2.45, 2.75) is 19.3 Å². The van der Waals surface area contributed by atoms with Gasteiger partial charge in [0.1, 0.15) is 12.1 Å². The summed E-state index contributed by atoms with van der Waals surface area (Å²) in [6, 6.07) is 23.8. The molecule has 1 saturated heterocycles. The third-order valence-corrected chi connectivity index (χ3v) is 6.19. The van der Waals surface area contributed by atoms with Crippen LogP contribution in [-0.4, -0.2) is 28.0 Å². The van der Waals surface area contributed by atoms with Crippen molar-refractivity contribution in [1.29, 1.82) is 0 Å². The number of piperidine rings is 1. The average Bonchev–Trinajstić information content (AvgIpc) is 2.85. The molecule has 33 heavy (non-hydrogen) atoms. The van der Waals surface area contributed by atoms with Crippen LogP contribution in [0.1, 0.15) is 18.4 Å². The number of nitrogens with zero attached hydrogens (tertiary/aromatic N) is 4. The molecule has 1 aliphatic rings. The Hall–Kier alpha value is -4.00. The van der Waals surface area contributed by atoms with E-state index in [0.29, 0.717) is 30.6 Å². The molecule has 4 aromatic rings. The SMILES string of the molecule is O=[N+]([O-])c1c(Oc2cccc3ccccc23)ncnc1N1CCC(Cc2ccccc2)CC1. The first-order valence-corrected chi connectivity index (χ1v) is 11.1. The maximum absolute atomic E-state index is 12.1. The molecule has 7 heteroatoms. The smallest absolute Gasteiger partial charge is 0.373 e. The fourth-order valence-corrected chi connectivity index (χ4v) is 4.50. The van der Waals surface area contributed by atoms with Gasteiger partial charge in [0.05, 0.1) is 4.92 Å². The monoisotopic (exact) mass is 440 g/mol. The minimum absolute atomic E-state index is 0.0345. The summed E-state index contributed by atoms with van der Waals surface area (Å²) in [5.41, 5.74) is 1.14. The van der Waals surface area contributed by atoms with E-state index in [4.69, 9.17) is 4.74 Å². The number of aromatic nitrogens is 2. The number of fused-ring (bicyclic) bond motifs is 1. The van der Waals surface area contributed by atoms with Gasteiger partial charge in [-0.25, -0.2) is 4.98 Å². The number of anilines is 1. The van der Waals surface area contributed by atoms with E-state index in [1.807, 2.05) is 47.4 Å². The number of ether oxygens (including phenoxy) is 1. The molecule has 7 nitrogen and oxygen atoms in total. The topological polar surface area (TPSA) is 81.4 Å². The maximum Gasteiger partial charge on any atom is 0.373 e. The highest BCUT2D eigenvalue weighted by atomic mass is 16.6. The van der Waals surface area contributed by atoms with Crippen molar-refractivity contribution in [2.24, 2.45) is 5.92 Å². The maximum atomic E-state index is 12.1. The first-order valence-electron chi connectivity index (χ1n) is 11.1. The van der Waals surface area contributed by atoms with Gasteiger partial charge in [-0.05, 0) is 42.2 Å². The van der Waals surface area contributed by atoms with E-state index >= 15 is 0 Å². The van der Waals surface area contributed by atoms with Gasteiger partial charge in [0, 0.05) is 18.5 Å². The second-order valence-corrected chi connectivity index (χ2v) is 8.31. The van der Waals surface area contributed by atoms with Crippen molar-refractivity contribution in [1.82, 2.24) is 9.97 Å². The Balaban J connectivity index is 1.38. The van der Waals surface area contributed by atoms with E-state index < -0.39 is 4.92 Å². The molecule has 1 aromatic heterocycles. The summed E-state index contributed by atoms with van der Waals surface area (Å²) in [5.74, 6) is 1.37. The first kappa shape index (κ1) is 20.9. The molecule has 0 N–H and O–H groups in total. The highest BCUT2D eigenvalue weighted by molar-refractivity contribution is 5.88. The molecule has 3 aromatic carbocycles. The second kappa shape index (κ2) is 9.24. The van der Waals surface area contributed by atoms with Gasteiger partial charge in [-0.1, -0.05) is 66.7 Å². The molecule has 0 unspecified atom stereocenters. The van der Waals surface area contributed by atoms with E-state index in [-0.39, 0.29) is 11.6 Å². The van der Waals surface area contributed by atoms with E-state index in [1.54, 1.807) is 6.07 Å². The Bertz CT molecular complexity index is 1270. The number of nitro groups is 1. The van der Waals surface area contributed by atoms with Crippen LogP contribution in [0.5, 0.6) is 11.6 Å². The molecule has 5 rings (SSSR count). The standard InChI is InChI=1S/C26H24N4O3/c31-30(32)24-25(29-15-13-20(14-16-29)17-19-7-2-1-3-8-19)27-18-28-26(24)33-23-12-6-10-21-9-4-5-11-22(21)23/h1-12,18,20H,13-17H2. The Kier molecular flexibility index (Phi) is 5.85. The Morgan fingerprint density at radius 3 is 2.45 bits per heavy atom. The molecular weight excluding hydrogens is 416 g/mol. The van der Waals surface area contributed by atoms with Gasteiger partial charge in [0.2, 0.25) is 5.82 Å². The zero-order valence-corrected chi connectivity index (χ0v) is 18.1.